The molecule has 11 rings (SSSR count). The first-order valence-corrected chi connectivity index (χ1v) is 21.3. The molecule has 0 unspecified atom stereocenters. The topological polar surface area (TPSA) is 35.6 Å². The van der Waals surface area contributed by atoms with Crippen molar-refractivity contribution in [2.24, 2.45) is 0 Å². The van der Waals surface area contributed by atoms with Crippen LogP contribution >= 0.6 is 0 Å². The average Bonchev–Trinajstić information content (AvgIpc) is 3.81. The van der Waals surface area contributed by atoms with Gasteiger partial charge in [-0.25, -0.2) is 9.97 Å². The van der Waals surface area contributed by atoms with E-state index in [1.807, 2.05) is 0 Å². The number of benzene rings is 7. The van der Waals surface area contributed by atoms with Crippen molar-refractivity contribution in [1.29, 1.82) is 0 Å². The molecule has 0 saturated carbocycles. The Bertz CT molecular complexity index is 3040. The van der Waals surface area contributed by atoms with E-state index >= 15 is 0 Å². The number of fused-ring (bicyclic) bond motifs is 9. The molecule has 0 bridgehead atoms. The van der Waals surface area contributed by atoms with Gasteiger partial charge in [0.15, 0.2) is 5.82 Å². The van der Waals surface area contributed by atoms with Crippen LogP contribution in [0.4, 0.5) is 0 Å². The van der Waals surface area contributed by atoms with Gasteiger partial charge in [0.25, 0.3) is 0 Å². The lowest BCUT2D eigenvalue weighted by molar-refractivity contribution is 1.16. The Labute approximate surface area is 308 Å². The van der Waals surface area contributed by atoms with Crippen LogP contribution in [-0.2, 0) is 0 Å². The van der Waals surface area contributed by atoms with E-state index in [0.29, 0.717) is 0 Å². The molecule has 1 aliphatic heterocycles. The number of hydrogen-bond acceptors (Lipinski definition) is 2. The van der Waals surface area contributed by atoms with E-state index in [0.717, 1.165) is 34.0 Å². The maximum absolute atomic E-state index is 5.54. The zero-order valence-corrected chi connectivity index (χ0v) is 30.5. The molecular weight excluding hydrogens is 661 g/mol. The average molecular weight is 695 g/mol. The van der Waals surface area contributed by atoms with E-state index in [2.05, 4.69) is 192 Å². The Balaban J connectivity index is 1.16. The fourth-order valence-corrected chi connectivity index (χ4v) is 11.8. The van der Waals surface area contributed by atoms with Gasteiger partial charge >= 0.3 is 0 Å². The minimum Gasteiger partial charge on any atom is -0.309 e. The Morgan fingerprint density at radius 1 is 0.434 bits per heavy atom. The first-order chi connectivity index (χ1) is 26.1. The molecule has 0 aliphatic carbocycles. The fraction of sp³-hybridized carbons (Fsp3) is 0.0417. The van der Waals surface area contributed by atoms with E-state index < -0.39 is 8.07 Å². The molecule has 3 aromatic heterocycles. The first-order valence-electron chi connectivity index (χ1n) is 18.3. The van der Waals surface area contributed by atoms with E-state index in [1.165, 1.54) is 65.2 Å². The summed E-state index contributed by atoms with van der Waals surface area (Å²) in [6.07, 6.45) is 0. The molecule has 7 aromatic carbocycles. The van der Waals surface area contributed by atoms with E-state index in [4.69, 9.17) is 9.97 Å². The van der Waals surface area contributed by atoms with Gasteiger partial charge in [-0.1, -0.05) is 128 Å². The van der Waals surface area contributed by atoms with Crippen LogP contribution in [0.2, 0.25) is 13.1 Å². The summed E-state index contributed by atoms with van der Waals surface area (Å²) < 4.78 is 4.74. The highest BCUT2D eigenvalue weighted by atomic mass is 28.3. The van der Waals surface area contributed by atoms with Crippen LogP contribution in [0.3, 0.4) is 0 Å². The van der Waals surface area contributed by atoms with E-state index in [1.54, 1.807) is 0 Å². The van der Waals surface area contributed by atoms with Gasteiger partial charge in [-0.05, 0) is 65.3 Å². The molecule has 0 spiro atoms. The molecule has 53 heavy (non-hydrogen) atoms. The summed E-state index contributed by atoms with van der Waals surface area (Å²) in [4.78, 5) is 11.1. The Kier molecular flexibility index (Phi) is 6.37. The number of hydrogen-bond donors (Lipinski definition) is 0. The molecule has 1 aliphatic rings. The van der Waals surface area contributed by atoms with Crippen LogP contribution in [-0.4, -0.2) is 27.2 Å². The molecule has 4 heterocycles. The summed E-state index contributed by atoms with van der Waals surface area (Å²) in [5.41, 5.74) is 12.6. The lowest BCUT2D eigenvalue weighted by atomic mass is 9.99. The summed E-state index contributed by atoms with van der Waals surface area (Å²) >= 11 is 0. The van der Waals surface area contributed by atoms with Crippen LogP contribution < -0.4 is 10.5 Å². The van der Waals surface area contributed by atoms with E-state index in [9.17, 15) is 0 Å². The van der Waals surface area contributed by atoms with Crippen LogP contribution in [0.5, 0.6) is 0 Å². The zero-order chi connectivity index (χ0) is 35.3. The summed E-state index contributed by atoms with van der Waals surface area (Å²) in [5.74, 6) is 0.765. The third kappa shape index (κ3) is 4.35. The molecule has 5 heteroatoms. The quantitative estimate of drug-likeness (QED) is 0.172. The molecule has 0 atom stereocenters. The first kappa shape index (κ1) is 30.1. The molecule has 0 amide bonds. The number of rotatable bonds is 4. The van der Waals surface area contributed by atoms with Crippen molar-refractivity contribution in [2.45, 2.75) is 13.1 Å². The largest absolute Gasteiger partial charge is 0.309 e. The van der Waals surface area contributed by atoms with Crippen molar-refractivity contribution in [3.63, 3.8) is 0 Å². The molecule has 0 saturated heterocycles. The molecule has 0 radical (unpaired) electrons. The highest BCUT2D eigenvalue weighted by molar-refractivity contribution is 7.03. The van der Waals surface area contributed by atoms with Gasteiger partial charge in [0.05, 0.1) is 27.8 Å². The third-order valence-electron chi connectivity index (χ3n) is 11.3. The van der Waals surface area contributed by atoms with Gasteiger partial charge in [-0.15, -0.1) is 0 Å². The second kappa shape index (κ2) is 11.2. The standard InChI is InChI=1S/C48H34N4Si/c1-53(2)44-26-13-9-22-38(44)45-46(31-27-28-43-39(30-31)37-21-8-12-25-42(37)51(43)33-16-4-3-5-17-33)49-47(50-48(45)53)32-15-14-18-34(29-32)52-40-23-10-6-19-35(40)36-20-7-11-24-41(36)52/h3-30H,1-2H3. The van der Waals surface area contributed by atoms with Crippen molar-refractivity contribution in [3.05, 3.63) is 170 Å². The van der Waals surface area contributed by atoms with Gasteiger partial charge in [-0.3, -0.25) is 0 Å². The number of aromatic nitrogens is 4. The van der Waals surface area contributed by atoms with Gasteiger partial charge < -0.3 is 9.13 Å². The lowest BCUT2D eigenvalue weighted by Crippen LogP contribution is -2.50. The summed E-state index contributed by atoms with van der Waals surface area (Å²) in [6.45, 7) is 4.87. The minimum atomic E-state index is -2.15. The molecule has 0 N–H and O–H groups in total. The zero-order valence-electron chi connectivity index (χ0n) is 29.5. The van der Waals surface area contributed by atoms with Crippen molar-refractivity contribution in [1.82, 2.24) is 19.1 Å². The molecule has 4 nitrogen and oxygen atoms in total. The maximum atomic E-state index is 5.54. The molecular formula is C48H34N4Si. The van der Waals surface area contributed by atoms with Crippen LogP contribution in [0.15, 0.2) is 170 Å². The normalized spacial score (nSPS) is 13.2. The predicted octanol–water partition coefficient (Wildman–Crippen LogP) is 10.8. The van der Waals surface area contributed by atoms with Gasteiger partial charge in [0.1, 0.15) is 8.07 Å². The lowest BCUT2D eigenvalue weighted by Gasteiger charge is -2.19. The third-order valence-corrected chi connectivity index (χ3v) is 14.6. The van der Waals surface area contributed by atoms with Crippen LogP contribution in [0.1, 0.15) is 0 Å². The fourth-order valence-electron chi connectivity index (χ4n) is 8.84. The van der Waals surface area contributed by atoms with Gasteiger partial charge in [-0.2, -0.15) is 0 Å². The summed E-state index contributed by atoms with van der Waals surface area (Å²) in [7, 11) is -2.15. The SMILES string of the molecule is C[Si]1(C)c2ccccc2-c2c(-c3ccc4c(c3)c3ccccc3n4-c3ccccc3)nc(-c3cccc(-n4c5ccccc5c5ccccc54)c3)nc21. The summed E-state index contributed by atoms with van der Waals surface area (Å²) in [5, 5.41) is 7.56. The van der Waals surface area contributed by atoms with Crippen molar-refractivity contribution in [2.75, 3.05) is 0 Å². The van der Waals surface area contributed by atoms with Crippen molar-refractivity contribution >= 4 is 62.2 Å². The maximum Gasteiger partial charge on any atom is 0.159 e. The Hall–Kier alpha value is -6.56. The minimum absolute atomic E-state index is 0.765. The van der Waals surface area contributed by atoms with Crippen LogP contribution in [0, 0.1) is 0 Å². The number of nitrogens with zero attached hydrogens (tertiary/aromatic N) is 4. The second-order valence-corrected chi connectivity index (χ2v) is 18.9. The van der Waals surface area contributed by atoms with Crippen molar-refractivity contribution < 1.29 is 0 Å². The second-order valence-electron chi connectivity index (χ2n) is 14.6. The molecule has 10 aromatic rings. The highest BCUT2D eigenvalue weighted by Crippen LogP contribution is 2.40. The molecule has 0 fully saturated rings. The smallest absolute Gasteiger partial charge is 0.159 e. The van der Waals surface area contributed by atoms with Crippen molar-refractivity contribution in [3.8, 4) is 45.1 Å². The number of para-hydroxylation sites is 4. The van der Waals surface area contributed by atoms with Gasteiger partial charge in [0.2, 0.25) is 0 Å². The monoisotopic (exact) mass is 694 g/mol. The predicted molar refractivity (Wildman–Crippen MR) is 224 cm³/mol. The molecule has 250 valence electrons. The Morgan fingerprint density at radius 2 is 1.00 bits per heavy atom. The summed E-state index contributed by atoms with van der Waals surface area (Å²) in [6, 6.07) is 61.3. The highest BCUT2D eigenvalue weighted by Gasteiger charge is 2.41. The van der Waals surface area contributed by atoms with E-state index in [-0.39, 0.29) is 0 Å². The van der Waals surface area contributed by atoms with Crippen LogP contribution in [0.25, 0.3) is 88.8 Å². The Morgan fingerprint density at radius 3 is 1.72 bits per heavy atom. The van der Waals surface area contributed by atoms with Gasteiger partial charge in [0, 0.05) is 54.9 Å².